The third-order valence-corrected chi connectivity index (χ3v) is 2.12. The van der Waals surface area contributed by atoms with Gasteiger partial charge in [-0.1, -0.05) is 13.0 Å². The van der Waals surface area contributed by atoms with Crippen molar-refractivity contribution in [1.82, 2.24) is 0 Å². The average molecular weight is 206 g/mol. The second-order valence-electron chi connectivity index (χ2n) is 3.64. The normalized spacial score (nSPS) is 9.80. The van der Waals surface area contributed by atoms with Gasteiger partial charge >= 0.3 is 0 Å². The van der Waals surface area contributed by atoms with Gasteiger partial charge in [-0.25, -0.2) is 0 Å². The number of carbonyl (C=O) groups excluding carboxylic acids is 1. The molecule has 15 heavy (non-hydrogen) atoms. The molecule has 1 amide bonds. The number of amides is 1. The molecule has 0 fully saturated rings. The monoisotopic (exact) mass is 206 g/mol. The van der Waals surface area contributed by atoms with Gasteiger partial charge in [-0.15, -0.1) is 0 Å². The van der Waals surface area contributed by atoms with E-state index >= 15 is 0 Å². The summed E-state index contributed by atoms with van der Waals surface area (Å²) in [4.78, 5) is 10.9. The first-order valence-electron chi connectivity index (χ1n) is 5.25. The van der Waals surface area contributed by atoms with Crippen LogP contribution in [-0.4, -0.2) is 12.5 Å². The van der Waals surface area contributed by atoms with Crippen molar-refractivity contribution >= 4 is 17.3 Å². The highest BCUT2D eigenvalue weighted by atomic mass is 16.1. The lowest BCUT2D eigenvalue weighted by Gasteiger charge is -2.10. The van der Waals surface area contributed by atoms with Crippen LogP contribution in [0.2, 0.25) is 0 Å². The summed E-state index contributed by atoms with van der Waals surface area (Å²) in [5.74, 6) is -0.0414. The summed E-state index contributed by atoms with van der Waals surface area (Å²) in [5.41, 5.74) is 3.12. The molecule has 82 valence electrons. The maximum Gasteiger partial charge on any atom is 0.221 e. The number of benzene rings is 1. The molecule has 1 aromatic carbocycles. The Morgan fingerprint density at radius 3 is 2.73 bits per heavy atom. The van der Waals surface area contributed by atoms with Crippen molar-refractivity contribution < 1.29 is 4.79 Å². The molecular formula is C12H18N2O. The van der Waals surface area contributed by atoms with Crippen LogP contribution in [0.5, 0.6) is 0 Å². The molecule has 0 bridgehead atoms. The van der Waals surface area contributed by atoms with Crippen molar-refractivity contribution in [3.63, 3.8) is 0 Å². The highest BCUT2D eigenvalue weighted by Gasteiger charge is 2.00. The van der Waals surface area contributed by atoms with Crippen molar-refractivity contribution in [2.75, 3.05) is 17.2 Å². The quantitative estimate of drug-likeness (QED) is 0.795. The number of carbonyl (C=O) groups is 1. The largest absolute Gasteiger partial charge is 0.385 e. The first kappa shape index (κ1) is 11.6. The lowest BCUT2D eigenvalue weighted by molar-refractivity contribution is -0.114. The van der Waals surface area contributed by atoms with E-state index in [1.807, 2.05) is 18.2 Å². The molecule has 0 unspecified atom stereocenters. The zero-order valence-electron chi connectivity index (χ0n) is 9.55. The predicted octanol–water partition coefficient (Wildman–Crippen LogP) is 2.78. The van der Waals surface area contributed by atoms with Crippen LogP contribution in [0.15, 0.2) is 18.2 Å². The van der Waals surface area contributed by atoms with Crippen molar-refractivity contribution in [1.29, 1.82) is 0 Å². The SMILES string of the molecule is CCCNc1cc(NC(C)=O)ccc1C. The number of nitrogens with one attached hydrogen (secondary N) is 2. The van der Waals surface area contributed by atoms with Crippen LogP contribution in [-0.2, 0) is 4.79 Å². The van der Waals surface area contributed by atoms with Crippen LogP contribution in [0.3, 0.4) is 0 Å². The zero-order chi connectivity index (χ0) is 11.3. The van der Waals surface area contributed by atoms with Gasteiger partial charge in [-0.05, 0) is 31.0 Å². The molecule has 0 spiro atoms. The van der Waals surface area contributed by atoms with Gasteiger partial charge in [-0.2, -0.15) is 0 Å². The molecule has 0 saturated carbocycles. The van der Waals surface area contributed by atoms with Crippen molar-refractivity contribution in [3.05, 3.63) is 23.8 Å². The molecule has 0 heterocycles. The maximum atomic E-state index is 10.9. The van der Waals surface area contributed by atoms with E-state index in [0.29, 0.717) is 0 Å². The number of rotatable bonds is 4. The van der Waals surface area contributed by atoms with E-state index in [9.17, 15) is 4.79 Å². The van der Waals surface area contributed by atoms with Gasteiger partial charge in [0.1, 0.15) is 0 Å². The van der Waals surface area contributed by atoms with E-state index < -0.39 is 0 Å². The Balaban J connectivity index is 2.79. The minimum atomic E-state index is -0.0414. The summed E-state index contributed by atoms with van der Waals surface area (Å²) in [5, 5.41) is 6.09. The van der Waals surface area contributed by atoms with Crippen LogP contribution in [0, 0.1) is 6.92 Å². The Labute approximate surface area is 90.9 Å². The van der Waals surface area contributed by atoms with Crippen LogP contribution in [0.25, 0.3) is 0 Å². The summed E-state index contributed by atoms with van der Waals surface area (Å²) < 4.78 is 0. The molecule has 0 atom stereocenters. The molecule has 2 N–H and O–H groups in total. The Kier molecular flexibility index (Phi) is 4.16. The average Bonchev–Trinajstić information content (AvgIpc) is 2.18. The van der Waals surface area contributed by atoms with E-state index in [4.69, 9.17) is 0 Å². The van der Waals surface area contributed by atoms with E-state index in [1.54, 1.807) is 0 Å². The highest BCUT2D eigenvalue weighted by Crippen LogP contribution is 2.20. The zero-order valence-corrected chi connectivity index (χ0v) is 9.55. The second-order valence-corrected chi connectivity index (χ2v) is 3.64. The first-order chi connectivity index (χ1) is 7.13. The van der Waals surface area contributed by atoms with Gasteiger partial charge in [0.2, 0.25) is 5.91 Å². The van der Waals surface area contributed by atoms with Gasteiger partial charge < -0.3 is 10.6 Å². The lowest BCUT2D eigenvalue weighted by atomic mass is 10.1. The predicted molar refractivity (Wildman–Crippen MR) is 64.3 cm³/mol. The summed E-state index contributed by atoms with van der Waals surface area (Å²) in [6.07, 6.45) is 1.09. The highest BCUT2D eigenvalue weighted by molar-refractivity contribution is 5.89. The molecule has 0 saturated heterocycles. The number of anilines is 2. The Morgan fingerprint density at radius 1 is 1.40 bits per heavy atom. The maximum absolute atomic E-state index is 10.9. The number of hydrogen-bond acceptors (Lipinski definition) is 2. The molecule has 3 heteroatoms. The van der Waals surface area contributed by atoms with Crippen molar-refractivity contribution in [3.8, 4) is 0 Å². The Bertz CT molecular complexity index is 347. The lowest BCUT2D eigenvalue weighted by Crippen LogP contribution is -2.07. The minimum Gasteiger partial charge on any atom is -0.385 e. The topological polar surface area (TPSA) is 41.1 Å². The van der Waals surface area contributed by atoms with E-state index in [0.717, 1.165) is 24.3 Å². The van der Waals surface area contributed by atoms with Gasteiger partial charge in [-0.3, -0.25) is 4.79 Å². The number of hydrogen-bond donors (Lipinski definition) is 2. The van der Waals surface area contributed by atoms with Crippen molar-refractivity contribution in [2.45, 2.75) is 27.2 Å². The van der Waals surface area contributed by atoms with Gasteiger partial charge in [0.25, 0.3) is 0 Å². The van der Waals surface area contributed by atoms with E-state index in [-0.39, 0.29) is 5.91 Å². The Hall–Kier alpha value is -1.51. The van der Waals surface area contributed by atoms with Crippen LogP contribution >= 0.6 is 0 Å². The van der Waals surface area contributed by atoms with Gasteiger partial charge in [0.05, 0.1) is 0 Å². The molecule has 0 aromatic heterocycles. The molecule has 0 aliphatic carbocycles. The van der Waals surface area contributed by atoms with Gasteiger partial charge in [0, 0.05) is 24.8 Å². The van der Waals surface area contributed by atoms with Crippen LogP contribution < -0.4 is 10.6 Å². The van der Waals surface area contributed by atoms with E-state index in [1.165, 1.54) is 12.5 Å². The second kappa shape index (κ2) is 5.39. The fraction of sp³-hybridized carbons (Fsp3) is 0.417. The van der Waals surface area contributed by atoms with Crippen molar-refractivity contribution in [2.24, 2.45) is 0 Å². The third-order valence-electron chi connectivity index (χ3n) is 2.12. The summed E-state index contributed by atoms with van der Waals surface area (Å²) >= 11 is 0. The fourth-order valence-corrected chi connectivity index (χ4v) is 1.35. The molecule has 0 radical (unpaired) electrons. The van der Waals surface area contributed by atoms with Gasteiger partial charge in [0.15, 0.2) is 0 Å². The molecule has 0 aliphatic rings. The molecule has 0 aliphatic heterocycles. The molecular weight excluding hydrogens is 188 g/mol. The third kappa shape index (κ3) is 3.62. The minimum absolute atomic E-state index is 0.0414. The Morgan fingerprint density at radius 2 is 2.13 bits per heavy atom. The fourth-order valence-electron chi connectivity index (χ4n) is 1.35. The first-order valence-corrected chi connectivity index (χ1v) is 5.25. The summed E-state index contributed by atoms with van der Waals surface area (Å²) in [7, 11) is 0. The molecule has 1 rings (SSSR count). The molecule has 3 nitrogen and oxygen atoms in total. The summed E-state index contributed by atoms with van der Waals surface area (Å²) in [6.45, 7) is 6.64. The van der Waals surface area contributed by atoms with E-state index in [2.05, 4.69) is 24.5 Å². The van der Waals surface area contributed by atoms with Crippen LogP contribution in [0.1, 0.15) is 25.8 Å². The molecule has 1 aromatic rings. The summed E-state index contributed by atoms with van der Waals surface area (Å²) in [6, 6.07) is 5.88. The smallest absolute Gasteiger partial charge is 0.221 e. The number of aryl methyl sites for hydroxylation is 1. The van der Waals surface area contributed by atoms with Crippen LogP contribution in [0.4, 0.5) is 11.4 Å². The standard InChI is InChI=1S/C12H18N2O/c1-4-7-13-12-8-11(14-10(3)15)6-5-9(12)2/h5-6,8,13H,4,7H2,1-3H3,(H,14,15).